The number of ether oxygens (including phenoxy) is 1. The third kappa shape index (κ3) is 4.42. The van der Waals surface area contributed by atoms with Crippen molar-refractivity contribution in [3.8, 4) is 0 Å². The minimum absolute atomic E-state index is 0.182. The number of hydrogen-bond acceptors (Lipinski definition) is 2. The molecule has 0 heterocycles. The maximum atomic E-state index is 6.01. The van der Waals surface area contributed by atoms with Crippen LogP contribution in [0.25, 0.3) is 0 Å². The van der Waals surface area contributed by atoms with Gasteiger partial charge in [0.25, 0.3) is 0 Å². The Morgan fingerprint density at radius 3 is 2.75 bits per heavy atom. The van der Waals surface area contributed by atoms with Gasteiger partial charge in [0.15, 0.2) is 0 Å². The summed E-state index contributed by atoms with van der Waals surface area (Å²) in [6, 6.07) is 6.08. The van der Waals surface area contributed by atoms with Crippen molar-refractivity contribution in [1.29, 1.82) is 0 Å². The molecule has 0 spiro atoms. The Balaban J connectivity index is 2.70. The molecule has 4 heteroatoms. The van der Waals surface area contributed by atoms with E-state index in [1.54, 1.807) is 0 Å². The van der Waals surface area contributed by atoms with Crippen molar-refractivity contribution in [3.05, 3.63) is 33.3 Å². The molecule has 1 N–H and O–H groups in total. The highest BCUT2D eigenvalue weighted by atomic mass is 79.9. The molecule has 0 aliphatic heterocycles. The zero-order chi connectivity index (χ0) is 12.0. The standard InChI is InChI=1S/C12H17BrClNO/c1-3-4-16-8-12(15-2)9-5-10(13)7-11(14)6-9/h5-7,12,15H,3-4,8H2,1-2H3. The fourth-order valence-electron chi connectivity index (χ4n) is 1.47. The summed E-state index contributed by atoms with van der Waals surface area (Å²) < 4.78 is 6.54. The molecule has 1 unspecified atom stereocenters. The molecule has 1 atom stereocenters. The maximum Gasteiger partial charge on any atom is 0.0661 e. The highest BCUT2D eigenvalue weighted by Crippen LogP contribution is 2.24. The van der Waals surface area contributed by atoms with Gasteiger partial charge in [0.05, 0.1) is 12.6 Å². The summed E-state index contributed by atoms with van der Waals surface area (Å²) >= 11 is 9.45. The van der Waals surface area contributed by atoms with Gasteiger partial charge in [-0.3, -0.25) is 0 Å². The Labute approximate surface area is 110 Å². The lowest BCUT2D eigenvalue weighted by Crippen LogP contribution is -2.22. The molecule has 2 nitrogen and oxygen atoms in total. The van der Waals surface area contributed by atoms with Crippen molar-refractivity contribution in [3.63, 3.8) is 0 Å². The van der Waals surface area contributed by atoms with Gasteiger partial charge < -0.3 is 10.1 Å². The number of hydrogen-bond donors (Lipinski definition) is 1. The monoisotopic (exact) mass is 305 g/mol. The van der Waals surface area contributed by atoms with Crippen LogP contribution in [0, 0.1) is 0 Å². The first kappa shape index (κ1) is 14.0. The van der Waals surface area contributed by atoms with Crippen molar-refractivity contribution in [2.24, 2.45) is 0 Å². The van der Waals surface area contributed by atoms with Crippen LogP contribution in [0.2, 0.25) is 5.02 Å². The van der Waals surface area contributed by atoms with Crippen molar-refractivity contribution in [1.82, 2.24) is 5.32 Å². The molecular weight excluding hydrogens is 289 g/mol. The number of halogens is 2. The van der Waals surface area contributed by atoms with Gasteiger partial charge in [-0.1, -0.05) is 34.5 Å². The van der Waals surface area contributed by atoms with E-state index in [2.05, 4.69) is 34.2 Å². The summed E-state index contributed by atoms with van der Waals surface area (Å²) in [6.45, 7) is 3.56. The molecule has 16 heavy (non-hydrogen) atoms. The SMILES string of the molecule is CCCOCC(NC)c1cc(Cl)cc(Br)c1. The van der Waals surface area contributed by atoms with Crippen LogP contribution in [0.5, 0.6) is 0 Å². The molecule has 1 rings (SSSR count). The zero-order valence-corrected chi connectivity index (χ0v) is 11.9. The first-order valence-corrected chi connectivity index (χ1v) is 6.55. The van der Waals surface area contributed by atoms with E-state index in [0.717, 1.165) is 28.1 Å². The number of rotatable bonds is 6. The zero-order valence-electron chi connectivity index (χ0n) is 9.59. The normalized spacial score (nSPS) is 12.8. The summed E-state index contributed by atoms with van der Waals surface area (Å²) in [7, 11) is 1.93. The van der Waals surface area contributed by atoms with Gasteiger partial charge in [0, 0.05) is 16.1 Å². The number of benzene rings is 1. The van der Waals surface area contributed by atoms with Gasteiger partial charge in [0.2, 0.25) is 0 Å². The Kier molecular flexibility index (Phi) is 6.36. The third-order valence-corrected chi connectivity index (χ3v) is 2.94. The second kappa shape index (κ2) is 7.28. The molecular formula is C12H17BrClNO. The second-order valence-electron chi connectivity index (χ2n) is 3.62. The van der Waals surface area contributed by atoms with Crippen molar-refractivity contribution in [2.75, 3.05) is 20.3 Å². The van der Waals surface area contributed by atoms with E-state index < -0.39 is 0 Å². The highest BCUT2D eigenvalue weighted by molar-refractivity contribution is 9.10. The lowest BCUT2D eigenvalue weighted by Gasteiger charge is -2.17. The van der Waals surface area contributed by atoms with E-state index in [0.29, 0.717) is 6.61 Å². The Morgan fingerprint density at radius 2 is 2.19 bits per heavy atom. The van der Waals surface area contributed by atoms with E-state index >= 15 is 0 Å². The van der Waals surface area contributed by atoms with E-state index in [4.69, 9.17) is 16.3 Å². The lowest BCUT2D eigenvalue weighted by atomic mass is 10.1. The van der Waals surface area contributed by atoms with Crippen LogP contribution in [0.4, 0.5) is 0 Å². The molecule has 1 aromatic carbocycles. The van der Waals surface area contributed by atoms with Crippen LogP contribution in [0.1, 0.15) is 24.9 Å². The second-order valence-corrected chi connectivity index (χ2v) is 4.97. The Hall–Kier alpha value is -0.0900. The Bertz CT molecular complexity index is 313. The molecule has 0 saturated heterocycles. The van der Waals surface area contributed by atoms with Crippen LogP contribution >= 0.6 is 27.5 Å². The van der Waals surface area contributed by atoms with Crippen LogP contribution in [-0.2, 0) is 4.74 Å². The van der Waals surface area contributed by atoms with Gasteiger partial charge in [-0.15, -0.1) is 0 Å². The average molecular weight is 307 g/mol. The largest absolute Gasteiger partial charge is 0.379 e. The van der Waals surface area contributed by atoms with E-state index in [1.807, 2.05) is 19.2 Å². The molecule has 0 bridgehead atoms. The van der Waals surface area contributed by atoms with Gasteiger partial charge >= 0.3 is 0 Å². The third-order valence-electron chi connectivity index (χ3n) is 2.27. The first-order chi connectivity index (χ1) is 7.67. The quantitative estimate of drug-likeness (QED) is 0.807. The summed E-state index contributed by atoms with van der Waals surface area (Å²) in [5.41, 5.74) is 1.14. The molecule has 0 saturated carbocycles. The summed E-state index contributed by atoms with van der Waals surface area (Å²) in [4.78, 5) is 0. The van der Waals surface area contributed by atoms with Gasteiger partial charge in [-0.05, 0) is 37.2 Å². The molecule has 0 aliphatic rings. The minimum Gasteiger partial charge on any atom is -0.379 e. The molecule has 0 radical (unpaired) electrons. The van der Waals surface area contributed by atoms with Crippen LogP contribution in [-0.4, -0.2) is 20.3 Å². The number of likely N-dealkylation sites (N-methyl/N-ethyl adjacent to an activating group) is 1. The fraction of sp³-hybridized carbons (Fsp3) is 0.500. The van der Waals surface area contributed by atoms with Crippen LogP contribution < -0.4 is 5.32 Å². The van der Waals surface area contributed by atoms with Gasteiger partial charge in [-0.2, -0.15) is 0 Å². The topological polar surface area (TPSA) is 21.3 Å². The van der Waals surface area contributed by atoms with Crippen molar-refractivity contribution in [2.45, 2.75) is 19.4 Å². The van der Waals surface area contributed by atoms with E-state index in [-0.39, 0.29) is 6.04 Å². The fourth-order valence-corrected chi connectivity index (χ4v) is 2.35. The molecule has 0 amide bonds. The molecule has 0 fully saturated rings. The average Bonchev–Trinajstić information content (AvgIpc) is 2.23. The van der Waals surface area contributed by atoms with Crippen molar-refractivity contribution >= 4 is 27.5 Å². The minimum atomic E-state index is 0.182. The van der Waals surface area contributed by atoms with E-state index in [9.17, 15) is 0 Å². The maximum absolute atomic E-state index is 6.01. The lowest BCUT2D eigenvalue weighted by molar-refractivity contribution is 0.114. The smallest absolute Gasteiger partial charge is 0.0661 e. The molecule has 0 aromatic heterocycles. The summed E-state index contributed by atoms with van der Waals surface area (Å²) in [6.07, 6.45) is 1.04. The molecule has 90 valence electrons. The Morgan fingerprint density at radius 1 is 1.44 bits per heavy atom. The summed E-state index contributed by atoms with van der Waals surface area (Å²) in [5.74, 6) is 0. The summed E-state index contributed by atoms with van der Waals surface area (Å²) in [5, 5.41) is 3.96. The van der Waals surface area contributed by atoms with Crippen molar-refractivity contribution < 1.29 is 4.74 Å². The molecule has 0 aliphatic carbocycles. The predicted octanol–water partition coefficient (Wildman–Crippen LogP) is 3.79. The van der Waals surface area contributed by atoms with Crippen LogP contribution in [0.3, 0.4) is 0 Å². The highest BCUT2D eigenvalue weighted by Gasteiger charge is 2.10. The van der Waals surface area contributed by atoms with Crippen LogP contribution in [0.15, 0.2) is 22.7 Å². The number of nitrogens with one attached hydrogen (secondary N) is 1. The van der Waals surface area contributed by atoms with Gasteiger partial charge in [-0.25, -0.2) is 0 Å². The molecule has 1 aromatic rings. The first-order valence-electron chi connectivity index (χ1n) is 5.38. The van der Waals surface area contributed by atoms with Gasteiger partial charge in [0.1, 0.15) is 0 Å². The van der Waals surface area contributed by atoms with E-state index in [1.165, 1.54) is 0 Å². The predicted molar refractivity (Wildman–Crippen MR) is 72.1 cm³/mol.